The van der Waals surface area contributed by atoms with Crippen LogP contribution in [0.5, 0.6) is 0 Å². The number of aromatic nitrogens is 2. The van der Waals surface area contributed by atoms with Crippen LogP contribution in [0.4, 0.5) is 0 Å². The zero-order valence-electron chi connectivity index (χ0n) is 14.6. The van der Waals surface area contributed by atoms with Gasteiger partial charge in [-0.2, -0.15) is 0 Å². The van der Waals surface area contributed by atoms with Crippen LogP contribution < -0.4 is 11.2 Å². The summed E-state index contributed by atoms with van der Waals surface area (Å²) < 4.78 is 6.41. The number of benzene rings is 2. The van der Waals surface area contributed by atoms with Crippen LogP contribution in [0.15, 0.2) is 68.0 Å². The Hall–Kier alpha value is -2.43. The third kappa shape index (κ3) is 3.38. The summed E-state index contributed by atoms with van der Waals surface area (Å²) in [6.45, 7) is -0.508. The first-order chi connectivity index (χ1) is 13.5. The Morgan fingerprint density at radius 1 is 1.07 bits per heavy atom. The molecule has 1 saturated heterocycles. The zero-order chi connectivity index (χ0) is 19.8. The number of nitrogens with zero attached hydrogens (tertiary/aromatic N) is 1. The lowest BCUT2D eigenvalue weighted by molar-refractivity contribution is -0.0553. The molecule has 0 spiro atoms. The molecule has 146 valence electrons. The Kier molecular flexibility index (Phi) is 5.09. The fourth-order valence-electron chi connectivity index (χ4n) is 3.20. The minimum Gasteiger partial charge on any atom is -0.394 e. The number of aromatic amines is 1. The molecule has 0 aliphatic carbocycles. The van der Waals surface area contributed by atoms with Crippen LogP contribution in [-0.2, 0) is 4.74 Å². The van der Waals surface area contributed by atoms with Crippen molar-refractivity contribution in [1.29, 1.82) is 0 Å². The average molecular weight is 402 g/mol. The van der Waals surface area contributed by atoms with Crippen LogP contribution in [0.25, 0.3) is 10.8 Å². The van der Waals surface area contributed by atoms with Crippen molar-refractivity contribution in [3.63, 3.8) is 0 Å². The Bertz CT molecular complexity index is 1130. The van der Waals surface area contributed by atoms with Crippen LogP contribution in [0, 0.1) is 0 Å². The molecule has 4 rings (SSSR count). The number of fused-ring (bicyclic) bond motifs is 1. The van der Waals surface area contributed by atoms with Gasteiger partial charge in [-0.3, -0.25) is 14.3 Å². The second-order valence-corrected chi connectivity index (χ2v) is 7.62. The molecule has 0 radical (unpaired) electrons. The van der Waals surface area contributed by atoms with Crippen molar-refractivity contribution < 1.29 is 20.1 Å². The number of hydrogen-bond donors (Lipinski definition) is 4. The van der Waals surface area contributed by atoms with Gasteiger partial charge in [0.05, 0.1) is 11.5 Å². The van der Waals surface area contributed by atoms with Crippen LogP contribution in [0.1, 0.15) is 6.23 Å². The molecule has 0 bridgehead atoms. The quantitative estimate of drug-likeness (QED) is 0.499. The van der Waals surface area contributed by atoms with E-state index in [9.17, 15) is 24.9 Å². The Morgan fingerprint density at radius 3 is 2.54 bits per heavy atom. The van der Waals surface area contributed by atoms with Gasteiger partial charge in [0.15, 0.2) is 6.23 Å². The van der Waals surface area contributed by atoms with Gasteiger partial charge < -0.3 is 20.1 Å². The van der Waals surface area contributed by atoms with Crippen LogP contribution in [-0.4, -0.2) is 49.8 Å². The smallest absolute Gasteiger partial charge is 0.330 e. The second kappa shape index (κ2) is 7.53. The number of H-pyrrole nitrogens is 1. The topological polar surface area (TPSA) is 125 Å². The number of nitrogens with one attached hydrogen (secondary N) is 1. The standard InChI is InChI=1S/C19H18N2O6S/c22-9-13-15(23)16(24)18(27-13)21-8-14(17(25)20-19(21)26)28-12-6-5-10-3-1-2-4-11(10)7-12/h1-8,13,15-16,18,22-24H,9H2,(H,20,25,26)/t13-,15-,16-,18-/m1/s1. The van der Waals surface area contributed by atoms with Crippen molar-refractivity contribution in [3.8, 4) is 0 Å². The molecule has 4 N–H and O–H groups in total. The van der Waals surface area contributed by atoms with E-state index >= 15 is 0 Å². The molecule has 28 heavy (non-hydrogen) atoms. The molecular formula is C19H18N2O6S. The van der Waals surface area contributed by atoms with Gasteiger partial charge in [0.1, 0.15) is 18.3 Å². The van der Waals surface area contributed by atoms with E-state index in [0.29, 0.717) is 0 Å². The van der Waals surface area contributed by atoms with Crippen LogP contribution >= 0.6 is 11.8 Å². The number of aliphatic hydroxyl groups is 3. The lowest BCUT2D eigenvalue weighted by Crippen LogP contribution is -2.38. The largest absolute Gasteiger partial charge is 0.394 e. The summed E-state index contributed by atoms with van der Waals surface area (Å²) in [6, 6.07) is 13.5. The van der Waals surface area contributed by atoms with Crippen LogP contribution in [0.3, 0.4) is 0 Å². The van der Waals surface area contributed by atoms with Crippen molar-refractivity contribution in [2.45, 2.75) is 34.3 Å². The minimum absolute atomic E-state index is 0.229. The highest BCUT2D eigenvalue weighted by Crippen LogP contribution is 2.31. The maximum atomic E-state index is 12.3. The van der Waals surface area contributed by atoms with Crippen molar-refractivity contribution in [2.24, 2.45) is 0 Å². The molecule has 0 saturated carbocycles. The summed E-state index contributed by atoms with van der Waals surface area (Å²) in [5.74, 6) is 0. The van der Waals surface area contributed by atoms with Crippen molar-refractivity contribution in [2.75, 3.05) is 6.61 Å². The highest BCUT2D eigenvalue weighted by atomic mass is 32.2. The Labute approximate surface area is 163 Å². The summed E-state index contributed by atoms with van der Waals surface area (Å²) in [5.41, 5.74) is -1.34. The van der Waals surface area contributed by atoms with Gasteiger partial charge in [-0.05, 0) is 22.9 Å². The van der Waals surface area contributed by atoms with E-state index in [1.807, 2.05) is 42.5 Å². The molecule has 3 aromatic rings. The van der Waals surface area contributed by atoms with Gasteiger partial charge >= 0.3 is 5.69 Å². The SMILES string of the molecule is O=c1[nH]c(=O)n([C@@H]2O[C@H](CO)[C@@H](O)[C@H]2O)cc1Sc1ccc2ccccc2c1. The van der Waals surface area contributed by atoms with Gasteiger partial charge in [0.2, 0.25) is 0 Å². The molecule has 9 heteroatoms. The number of aliphatic hydroxyl groups excluding tert-OH is 3. The van der Waals surface area contributed by atoms with Crippen LogP contribution in [0.2, 0.25) is 0 Å². The molecule has 1 aromatic heterocycles. The molecule has 2 heterocycles. The fraction of sp³-hybridized carbons (Fsp3) is 0.263. The molecule has 0 amide bonds. The molecular weight excluding hydrogens is 384 g/mol. The highest BCUT2D eigenvalue weighted by Gasteiger charge is 2.43. The van der Waals surface area contributed by atoms with Gasteiger partial charge in [-0.15, -0.1) is 0 Å². The predicted octanol–water partition coefficient (Wildman–Crippen LogP) is 0.453. The van der Waals surface area contributed by atoms with Gasteiger partial charge in [0.25, 0.3) is 5.56 Å². The Balaban J connectivity index is 1.69. The van der Waals surface area contributed by atoms with E-state index in [1.165, 1.54) is 18.0 Å². The minimum atomic E-state index is -1.42. The molecule has 1 aliphatic heterocycles. The normalized spacial score (nSPS) is 24.7. The first-order valence-electron chi connectivity index (χ1n) is 8.62. The average Bonchev–Trinajstić information content (AvgIpc) is 2.98. The second-order valence-electron chi connectivity index (χ2n) is 6.50. The molecule has 0 unspecified atom stereocenters. The molecule has 1 aliphatic rings. The summed E-state index contributed by atoms with van der Waals surface area (Å²) in [7, 11) is 0. The van der Waals surface area contributed by atoms with E-state index < -0.39 is 42.4 Å². The molecule has 1 fully saturated rings. The lowest BCUT2D eigenvalue weighted by Gasteiger charge is -2.17. The monoisotopic (exact) mass is 402 g/mol. The lowest BCUT2D eigenvalue weighted by atomic mass is 10.1. The summed E-state index contributed by atoms with van der Waals surface area (Å²) >= 11 is 1.17. The fourth-order valence-corrected chi connectivity index (χ4v) is 4.08. The molecule has 8 nitrogen and oxygen atoms in total. The molecule has 2 aromatic carbocycles. The third-order valence-electron chi connectivity index (χ3n) is 4.68. The maximum absolute atomic E-state index is 12.3. The summed E-state index contributed by atoms with van der Waals surface area (Å²) in [4.78, 5) is 27.7. The maximum Gasteiger partial charge on any atom is 0.330 e. The first-order valence-corrected chi connectivity index (χ1v) is 9.44. The van der Waals surface area contributed by atoms with E-state index in [1.54, 1.807) is 0 Å². The van der Waals surface area contributed by atoms with E-state index in [2.05, 4.69) is 4.98 Å². The zero-order valence-corrected chi connectivity index (χ0v) is 15.4. The summed E-state index contributed by atoms with van der Waals surface area (Å²) in [6.07, 6.45) is -3.70. The number of rotatable bonds is 4. The van der Waals surface area contributed by atoms with Crippen molar-refractivity contribution >= 4 is 22.5 Å². The van der Waals surface area contributed by atoms with E-state index in [4.69, 9.17) is 4.74 Å². The summed E-state index contributed by atoms with van der Waals surface area (Å²) in [5, 5.41) is 31.4. The first kappa shape index (κ1) is 18.9. The van der Waals surface area contributed by atoms with Crippen molar-refractivity contribution in [3.05, 3.63) is 69.5 Å². The van der Waals surface area contributed by atoms with Crippen molar-refractivity contribution in [1.82, 2.24) is 9.55 Å². The van der Waals surface area contributed by atoms with E-state index in [-0.39, 0.29) is 4.90 Å². The highest BCUT2D eigenvalue weighted by molar-refractivity contribution is 7.99. The Morgan fingerprint density at radius 2 is 1.82 bits per heavy atom. The number of hydrogen-bond acceptors (Lipinski definition) is 7. The third-order valence-corrected chi connectivity index (χ3v) is 5.68. The van der Waals surface area contributed by atoms with Gasteiger partial charge in [-0.25, -0.2) is 4.79 Å². The van der Waals surface area contributed by atoms with E-state index in [0.717, 1.165) is 20.2 Å². The predicted molar refractivity (Wildman–Crippen MR) is 102 cm³/mol. The number of ether oxygens (including phenoxy) is 1. The van der Waals surface area contributed by atoms with Gasteiger partial charge in [-0.1, -0.05) is 42.1 Å². The van der Waals surface area contributed by atoms with Gasteiger partial charge in [0, 0.05) is 11.1 Å². The molecule has 4 atom stereocenters.